The van der Waals surface area contributed by atoms with Gasteiger partial charge in [-0.2, -0.15) is 0 Å². The number of nitrogens with two attached hydrogens (primary N) is 1. The van der Waals surface area contributed by atoms with Crippen molar-refractivity contribution < 1.29 is 4.74 Å². The SMILES string of the molecule is COC(C)CNc1nc2c(cc1CN)CCCC2. The van der Waals surface area contributed by atoms with E-state index in [0.29, 0.717) is 6.54 Å². The fourth-order valence-electron chi connectivity index (χ4n) is 2.31. The van der Waals surface area contributed by atoms with Crippen LogP contribution in [-0.2, 0) is 24.1 Å². The molecule has 1 heterocycles. The third-order valence-electron chi connectivity index (χ3n) is 3.56. The van der Waals surface area contributed by atoms with Crippen molar-refractivity contribution in [2.45, 2.75) is 45.3 Å². The number of aryl methyl sites for hydroxylation is 2. The average molecular weight is 249 g/mol. The van der Waals surface area contributed by atoms with Crippen molar-refractivity contribution in [3.05, 3.63) is 22.9 Å². The lowest BCUT2D eigenvalue weighted by Crippen LogP contribution is -2.21. The molecule has 0 radical (unpaired) electrons. The quantitative estimate of drug-likeness (QED) is 0.836. The van der Waals surface area contributed by atoms with Crippen molar-refractivity contribution in [3.8, 4) is 0 Å². The van der Waals surface area contributed by atoms with E-state index >= 15 is 0 Å². The van der Waals surface area contributed by atoms with Crippen molar-refractivity contribution in [1.29, 1.82) is 0 Å². The predicted octanol–water partition coefficient (Wildman–Crippen LogP) is 1.87. The lowest BCUT2D eigenvalue weighted by molar-refractivity contribution is 0.128. The van der Waals surface area contributed by atoms with Gasteiger partial charge < -0.3 is 15.8 Å². The van der Waals surface area contributed by atoms with E-state index in [-0.39, 0.29) is 6.10 Å². The minimum atomic E-state index is 0.174. The second-order valence-electron chi connectivity index (χ2n) is 4.94. The lowest BCUT2D eigenvalue weighted by atomic mass is 9.94. The molecule has 0 bridgehead atoms. The Morgan fingerprint density at radius 3 is 2.94 bits per heavy atom. The van der Waals surface area contributed by atoms with Gasteiger partial charge in [0.2, 0.25) is 0 Å². The Bertz CT molecular complexity index is 406. The number of hydrogen-bond acceptors (Lipinski definition) is 4. The van der Waals surface area contributed by atoms with Crippen LogP contribution < -0.4 is 11.1 Å². The summed E-state index contributed by atoms with van der Waals surface area (Å²) in [5.74, 6) is 0.932. The summed E-state index contributed by atoms with van der Waals surface area (Å²) in [6.07, 6.45) is 4.93. The molecule has 1 aliphatic rings. The van der Waals surface area contributed by atoms with Gasteiger partial charge >= 0.3 is 0 Å². The number of rotatable bonds is 5. The summed E-state index contributed by atoms with van der Waals surface area (Å²) in [5, 5.41) is 3.35. The summed E-state index contributed by atoms with van der Waals surface area (Å²) >= 11 is 0. The van der Waals surface area contributed by atoms with E-state index in [9.17, 15) is 0 Å². The molecule has 1 unspecified atom stereocenters. The van der Waals surface area contributed by atoms with Crippen LogP contribution in [0.25, 0.3) is 0 Å². The fourth-order valence-corrected chi connectivity index (χ4v) is 2.31. The maximum absolute atomic E-state index is 5.81. The maximum atomic E-state index is 5.81. The smallest absolute Gasteiger partial charge is 0.130 e. The number of ether oxygens (including phenoxy) is 1. The van der Waals surface area contributed by atoms with Gasteiger partial charge in [-0.3, -0.25) is 0 Å². The molecule has 1 aromatic heterocycles. The van der Waals surface area contributed by atoms with E-state index in [2.05, 4.69) is 11.4 Å². The van der Waals surface area contributed by atoms with E-state index < -0.39 is 0 Å². The van der Waals surface area contributed by atoms with Crippen LogP contribution in [0.5, 0.6) is 0 Å². The number of pyridine rings is 1. The second-order valence-corrected chi connectivity index (χ2v) is 4.94. The molecule has 0 spiro atoms. The molecule has 4 heteroatoms. The van der Waals surface area contributed by atoms with Crippen LogP contribution in [0, 0.1) is 0 Å². The zero-order valence-electron chi connectivity index (χ0n) is 11.3. The van der Waals surface area contributed by atoms with Crippen LogP contribution >= 0.6 is 0 Å². The first-order chi connectivity index (χ1) is 8.74. The average Bonchev–Trinajstić information content (AvgIpc) is 2.43. The molecule has 18 heavy (non-hydrogen) atoms. The molecule has 2 rings (SSSR count). The summed E-state index contributed by atoms with van der Waals surface area (Å²) in [4.78, 5) is 4.74. The number of nitrogens with zero attached hydrogens (tertiary/aromatic N) is 1. The van der Waals surface area contributed by atoms with E-state index in [1.165, 1.54) is 24.1 Å². The summed E-state index contributed by atoms with van der Waals surface area (Å²) in [7, 11) is 1.72. The summed E-state index contributed by atoms with van der Waals surface area (Å²) in [6.45, 7) is 3.33. The highest BCUT2D eigenvalue weighted by atomic mass is 16.5. The van der Waals surface area contributed by atoms with Crippen LogP contribution in [0.4, 0.5) is 5.82 Å². The highest BCUT2D eigenvalue weighted by Gasteiger charge is 2.14. The normalized spacial score (nSPS) is 16.2. The summed E-state index contributed by atoms with van der Waals surface area (Å²) < 4.78 is 5.24. The molecule has 1 aliphatic carbocycles. The topological polar surface area (TPSA) is 60.2 Å². The van der Waals surface area contributed by atoms with Crippen molar-refractivity contribution in [3.63, 3.8) is 0 Å². The van der Waals surface area contributed by atoms with E-state index in [1.807, 2.05) is 6.92 Å². The standard InChI is InChI=1S/C14H23N3O/c1-10(18-2)9-16-14-12(8-15)7-11-5-3-4-6-13(11)17-14/h7,10H,3-6,8-9,15H2,1-2H3,(H,16,17). The number of fused-ring (bicyclic) bond motifs is 1. The Morgan fingerprint density at radius 2 is 2.22 bits per heavy atom. The van der Waals surface area contributed by atoms with Crippen LogP contribution in [0.15, 0.2) is 6.07 Å². The molecule has 0 aliphatic heterocycles. The van der Waals surface area contributed by atoms with Crippen LogP contribution in [0.1, 0.15) is 36.6 Å². The molecule has 0 amide bonds. The van der Waals surface area contributed by atoms with Crippen LogP contribution in [0.2, 0.25) is 0 Å². The first-order valence-corrected chi connectivity index (χ1v) is 6.73. The number of nitrogens with one attached hydrogen (secondary N) is 1. The lowest BCUT2D eigenvalue weighted by Gasteiger charge is -2.20. The number of aromatic nitrogens is 1. The largest absolute Gasteiger partial charge is 0.380 e. The minimum absolute atomic E-state index is 0.174. The van der Waals surface area contributed by atoms with Gasteiger partial charge in [0.1, 0.15) is 5.82 Å². The molecule has 1 aromatic rings. The van der Waals surface area contributed by atoms with Crippen LogP contribution in [-0.4, -0.2) is 24.7 Å². The van der Waals surface area contributed by atoms with Crippen molar-refractivity contribution in [2.24, 2.45) is 5.73 Å². The molecule has 1 atom stereocenters. The first-order valence-electron chi connectivity index (χ1n) is 6.73. The van der Waals surface area contributed by atoms with Gasteiger partial charge in [0.25, 0.3) is 0 Å². The zero-order valence-corrected chi connectivity index (χ0v) is 11.3. The molecule has 0 saturated carbocycles. The third-order valence-corrected chi connectivity index (χ3v) is 3.56. The van der Waals surface area contributed by atoms with E-state index in [0.717, 1.165) is 30.8 Å². The number of hydrogen-bond donors (Lipinski definition) is 2. The highest BCUT2D eigenvalue weighted by molar-refractivity contribution is 5.48. The van der Waals surface area contributed by atoms with E-state index in [1.54, 1.807) is 7.11 Å². The first kappa shape index (κ1) is 13.3. The summed E-state index contributed by atoms with van der Waals surface area (Å²) in [5.41, 5.74) is 9.54. The summed E-state index contributed by atoms with van der Waals surface area (Å²) in [6, 6.07) is 2.22. The highest BCUT2D eigenvalue weighted by Crippen LogP contribution is 2.24. The predicted molar refractivity (Wildman–Crippen MR) is 73.7 cm³/mol. The van der Waals surface area contributed by atoms with Gasteiger partial charge in [-0.25, -0.2) is 4.98 Å². The second kappa shape index (κ2) is 6.16. The molecule has 4 nitrogen and oxygen atoms in total. The Morgan fingerprint density at radius 1 is 1.44 bits per heavy atom. The maximum Gasteiger partial charge on any atom is 0.130 e. The van der Waals surface area contributed by atoms with Gasteiger partial charge in [0.05, 0.1) is 6.10 Å². The van der Waals surface area contributed by atoms with Crippen LogP contribution in [0.3, 0.4) is 0 Å². The molecule has 0 fully saturated rings. The number of methoxy groups -OCH3 is 1. The van der Waals surface area contributed by atoms with Gasteiger partial charge in [-0.1, -0.05) is 0 Å². The third kappa shape index (κ3) is 3.00. The van der Waals surface area contributed by atoms with Crippen molar-refractivity contribution in [1.82, 2.24) is 4.98 Å². The molecule has 100 valence electrons. The Labute approximate surface area is 109 Å². The fraction of sp³-hybridized carbons (Fsp3) is 0.643. The molecule has 0 saturated heterocycles. The monoisotopic (exact) mass is 249 g/mol. The Kier molecular flexibility index (Phi) is 4.55. The molecular formula is C14H23N3O. The van der Waals surface area contributed by atoms with E-state index in [4.69, 9.17) is 15.5 Å². The van der Waals surface area contributed by atoms with Gasteiger partial charge in [-0.15, -0.1) is 0 Å². The number of anilines is 1. The molecular weight excluding hydrogens is 226 g/mol. The van der Waals surface area contributed by atoms with Crippen molar-refractivity contribution >= 4 is 5.82 Å². The van der Waals surface area contributed by atoms with Gasteiger partial charge in [0, 0.05) is 31.5 Å². The van der Waals surface area contributed by atoms with Gasteiger partial charge in [-0.05, 0) is 44.2 Å². The molecule has 3 N–H and O–H groups in total. The minimum Gasteiger partial charge on any atom is -0.380 e. The zero-order chi connectivity index (χ0) is 13.0. The molecule has 0 aromatic carbocycles. The Hall–Kier alpha value is -1.13. The van der Waals surface area contributed by atoms with Crippen molar-refractivity contribution in [2.75, 3.05) is 19.0 Å². The Balaban J connectivity index is 2.17. The van der Waals surface area contributed by atoms with Gasteiger partial charge in [0.15, 0.2) is 0 Å².